The maximum absolute atomic E-state index is 12.6. The van der Waals surface area contributed by atoms with Crippen LogP contribution < -0.4 is 0 Å². The first-order valence-corrected chi connectivity index (χ1v) is 8.99. The van der Waals surface area contributed by atoms with Gasteiger partial charge in [0.05, 0.1) is 5.69 Å². The zero-order valence-corrected chi connectivity index (χ0v) is 14.7. The van der Waals surface area contributed by atoms with Crippen molar-refractivity contribution in [3.8, 4) is 5.69 Å². The summed E-state index contributed by atoms with van der Waals surface area (Å²) < 4.78 is 29.7. The monoisotopic (exact) mass is 337 g/mol. The van der Waals surface area contributed by atoms with Gasteiger partial charge in [-0.05, 0) is 24.6 Å². The SMILES string of the molecule is CCN(CC)S(=O)(=O)N(C)[C@@H](C)c1ccc(-n2cncn2)cc1. The van der Waals surface area contributed by atoms with E-state index in [4.69, 9.17) is 0 Å². The topological polar surface area (TPSA) is 71.3 Å². The van der Waals surface area contributed by atoms with Gasteiger partial charge in [0.1, 0.15) is 12.7 Å². The van der Waals surface area contributed by atoms with Gasteiger partial charge in [0.2, 0.25) is 0 Å². The van der Waals surface area contributed by atoms with Crippen LogP contribution in [-0.2, 0) is 10.2 Å². The predicted octanol–water partition coefficient (Wildman–Crippen LogP) is 1.85. The minimum Gasteiger partial charge on any atom is -0.223 e. The molecule has 0 aliphatic rings. The van der Waals surface area contributed by atoms with Gasteiger partial charge in [-0.3, -0.25) is 0 Å². The van der Waals surface area contributed by atoms with E-state index < -0.39 is 10.2 Å². The molecule has 0 bridgehead atoms. The van der Waals surface area contributed by atoms with Gasteiger partial charge in [0.15, 0.2) is 0 Å². The summed E-state index contributed by atoms with van der Waals surface area (Å²) in [6.07, 6.45) is 3.09. The molecule has 7 nitrogen and oxygen atoms in total. The van der Waals surface area contributed by atoms with Gasteiger partial charge in [-0.1, -0.05) is 26.0 Å². The van der Waals surface area contributed by atoms with Crippen molar-refractivity contribution in [2.24, 2.45) is 0 Å². The molecule has 1 aromatic heterocycles. The molecule has 0 N–H and O–H groups in total. The average Bonchev–Trinajstić information content (AvgIpc) is 3.09. The number of aromatic nitrogens is 3. The van der Waals surface area contributed by atoms with Crippen molar-refractivity contribution in [3.63, 3.8) is 0 Å². The lowest BCUT2D eigenvalue weighted by atomic mass is 10.1. The van der Waals surface area contributed by atoms with E-state index in [9.17, 15) is 8.42 Å². The molecule has 0 aliphatic heterocycles. The van der Waals surface area contributed by atoms with Crippen LogP contribution in [0.2, 0.25) is 0 Å². The van der Waals surface area contributed by atoms with Gasteiger partial charge in [-0.25, -0.2) is 9.67 Å². The van der Waals surface area contributed by atoms with E-state index in [0.29, 0.717) is 13.1 Å². The van der Waals surface area contributed by atoms with Crippen LogP contribution in [0.5, 0.6) is 0 Å². The lowest BCUT2D eigenvalue weighted by Crippen LogP contribution is -2.42. The summed E-state index contributed by atoms with van der Waals surface area (Å²) in [5.74, 6) is 0. The molecule has 2 rings (SSSR count). The average molecular weight is 337 g/mol. The van der Waals surface area contributed by atoms with Crippen molar-refractivity contribution < 1.29 is 8.42 Å². The second-order valence-electron chi connectivity index (χ2n) is 5.22. The molecule has 2 aromatic rings. The highest BCUT2D eigenvalue weighted by Crippen LogP contribution is 2.24. The Balaban J connectivity index is 2.21. The smallest absolute Gasteiger partial charge is 0.223 e. The molecule has 0 amide bonds. The van der Waals surface area contributed by atoms with Gasteiger partial charge in [0.25, 0.3) is 10.2 Å². The second-order valence-corrected chi connectivity index (χ2v) is 7.20. The Bertz CT molecular complexity index is 709. The molecular weight excluding hydrogens is 314 g/mol. The fourth-order valence-corrected chi connectivity index (χ4v) is 3.93. The Kier molecular flexibility index (Phi) is 5.51. The normalized spacial score (nSPS) is 13.7. The second kappa shape index (κ2) is 7.20. The van der Waals surface area contributed by atoms with E-state index in [2.05, 4.69) is 10.1 Å². The van der Waals surface area contributed by atoms with Crippen molar-refractivity contribution in [3.05, 3.63) is 42.5 Å². The molecule has 0 aliphatic carbocycles. The Morgan fingerprint density at radius 3 is 2.26 bits per heavy atom. The lowest BCUT2D eigenvalue weighted by molar-refractivity contribution is 0.340. The fraction of sp³-hybridized carbons (Fsp3) is 0.467. The summed E-state index contributed by atoms with van der Waals surface area (Å²) in [5.41, 5.74) is 1.81. The maximum atomic E-state index is 12.6. The number of hydrogen-bond donors (Lipinski definition) is 0. The number of nitrogens with zero attached hydrogens (tertiary/aromatic N) is 5. The highest BCUT2D eigenvalue weighted by atomic mass is 32.2. The third-order valence-corrected chi connectivity index (χ3v) is 6.21. The highest BCUT2D eigenvalue weighted by molar-refractivity contribution is 7.86. The molecule has 0 fully saturated rings. The third-order valence-electron chi connectivity index (χ3n) is 4.00. The Labute approximate surface area is 137 Å². The van der Waals surface area contributed by atoms with Gasteiger partial charge in [0, 0.05) is 26.2 Å². The van der Waals surface area contributed by atoms with E-state index in [-0.39, 0.29) is 6.04 Å². The fourth-order valence-electron chi connectivity index (χ4n) is 2.39. The van der Waals surface area contributed by atoms with Crippen molar-refractivity contribution in [2.75, 3.05) is 20.1 Å². The van der Waals surface area contributed by atoms with E-state index in [0.717, 1.165) is 11.3 Å². The summed E-state index contributed by atoms with van der Waals surface area (Å²) in [6, 6.07) is 7.37. The van der Waals surface area contributed by atoms with Crippen LogP contribution in [0.4, 0.5) is 0 Å². The summed E-state index contributed by atoms with van der Waals surface area (Å²) in [7, 11) is -1.85. The molecule has 1 atom stereocenters. The molecule has 23 heavy (non-hydrogen) atoms. The van der Waals surface area contributed by atoms with E-state index in [1.807, 2.05) is 45.0 Å². The molecule has 0 unspecified atom stereocenters. The van der Waals surface area contributed by atoms with E-state index in [1.165, 1.54) is 14.9 Å². The van der Waals surface area contributed by atoms with Crippen LogP contribution in [0.25, 0.3) is 5.69 Å². The standard InChI is InChI=1S/C15H23N5O2S/c1-5-19(6-2)23(21,22)18(4)13(3)14-7-9-15(10-8-14)20-12-16-11-17-20/h7-13H,5-6H2,1-4H3/t13-/m0/s1. The molecule has 1 aromatic carbocycles. The van der Waals surface area contributed by atoms with Gasteiger partial charge in [-0.2, -0.15) is 22.1 Å². The van der Waals surface area contributed by atoms with Crippen molar-refractivity contribution >= 4 is 10.2 Å². The van der Waals surface area contributed by atoms with E-state index >= 15 is 0 Å². The van der Waals surface area contributed by atoms with Gasteiger partial charge >= 0.3 is 0 Å². The quantitative estimate of drug-likeness (QED) is 0.773. The Hall–Kier alpha value is -1.77. The predicted molar refractivity (Wildman–Crippen MR) is 89.4 cm³/mol. The molecular formula is C15H23N5O2S. The van der Waals surface area contributed by atoms with Crippen molar-refractivity contribution in [2.45, 2.75) is 26.8 Å². The minimum absolute atomic E-state index is 0.259. The first-order chi connectivity index (χ1) is 10.9. The summed E-state index contributed by atoms with van der Waals surface area (Å²) in [5, 5.41) is 4.07. The zero-order chi connectivity index (χ0) is 17.0. The Morgan fingerprint density at radius 2 is 1.78 bits per heavy atom. The Morgan fingerprint density at radius 1 is 1.17 bits per heavy atom. The molecule has 8 heteroatoms. The van der Waals surface area contributed by atoms with Crippen LogP contribution >= 0.6 is 0 Å². The zero-order valence-electron chi connectivity index (χ0n) is 13.9. The van der Waals surface area contributed by atoms with Crippen LogP contribution in [0.15, 0.2) is 36.9 Å². The summed E-state index contributed by atoms with van der Waals surface area (Å²) in [4.78, 5) is 3.91. The van der Waals surface area contributed by atoms with Crippen molar-refractivity contribution in [1.29, 1.82) is 0 Å². The van der Waals surface area contributed by atoms with Crippen LogP contribution in [0.3, 0.4) is 0 Å². The molecule has 0 spiro atoms. The number of benzene rings is 1. The largest absolute Gasteiger partial charge is 0.282 e. The van der Waals surface area contributed by atoms with Crippen LogP contribution in [0, 0.1) is 0 Å². The number of rotatable bonds is 7. The van der Waals surface area contributed by atoms with Crippen molar-refractivity contribution in [1.82, 2.24) is 23.4 Å². The summed E-state index contributed by atoms with van der Waals surface area (Å²) >= 11 is 0. The first-order valence-electron chi connectivity index (χ1n) is 7.59. The maximum Gasteiger partial charge on any atom is 0.282 e. The van der Waals surface area contributed by atoms with Crippen LogP contribution in [0.1, 0.15) is 32.4 Å². The molecule has 0 radical (unpaired) electrons. The van der Waals surface area contributed by atoms with Gasteiger partial charge < -0.3 is 0 Å². The molecule has 0 saturated heterocycles. The van der Waals surface area contributed by atoms with Gasteiger partial charge in [-0.15, -0.1) is 0 Å². The molecule has 1 heterocycles. The first kappa shape index (κ1) is 17.6. The number of hydrogen-bond acceptors (Lipinski definition) is 4. The lowest BCUT2D eigenvalue weighted by Gasteiger charge is -2.30. The third kappa shape index (κ3) is 3.60. The highest BCUT2D eigenvalue weighted by Gasteiger charge is 2.28. The summed E-state index contributed by atoms with van der Waals surface area (Å²) in [6.45, 7) is 6.48. The molecule has 126 valence electrons. The van der Waals surface area contributed by atoms with Crippen LogP contribution in [-0.4, -0.2) is 51.9 Å². The molecule has 0 saturated carbocycles. The minimum atomic E-state index is -3.46. The van der Waals surface area contributed by atoms with E-state index in [1.54, 1.807) is 18.1 Å².